The molecular weight excluding hydrogens is 196 g/mol. The average molecular weight is 224 g/mol. The fraction of sp³-hybridized carbons (Fsp3) is 1.00. The third-order valence-corrected chi connectivity index (χ3v) is 4.64. The van der Waals surface area contributed by atoms with E-state index in [1.54, 1.807) is 0 Å². The van der Waals surface area contributed by atoms with Crippen molar-refractivity contribution in [3.8, 4) is 0 Å². The Morgan fingerprint density at radius 2 is 2.19 bits per heavy atom. The summed E-state index contributed by atoms with van der Waals surface area (Å²) in [5.74, 6) is 1.88. The summed E-state index contributed by atoms with van der Waals surface area (Å²) in [6, 6.07) is 0. The molecule has 0 amide bonds. The fourth-order valence-corrected chi connectivity index (χ4v) is 2.87. The van der Waals surface area contributed by atoms with Crippen molar-refractivity contribution in [1.82, 2.24) is 10.6 Å². The van der Waals surface area contributed by atoms with Crippen LogP contribution in [0.4, 0.5) is 0 Å². The predicted molar refractivity (Wildman–Crippen MR) is 69.6 cm³/mol. The highest BCUT2D eigenvalue weighted by Gasteiger charge is 2.36. The molecule has 1 saturated heterocycles. The molecule has 2 fully saturated rings. The zero-order valence-electron chi connectivity index (χ0n) is 11.0. The zero-order chi connectivity index (χ0) is 11.4. The van der Waals surface area contributed by atoms with Gasteiger partial charge in [-0.25, -0.2) is 0 Å². The van der Waals surface area contributed by atoms with Gasteiger partial charge in [0.25, 0.3) is 0 Å². The molecular formula is C14H28N2. The lowest BCUT2D eigenvalue weighted by Crippen LogP contribution is -2.40. The smallest absolute Gasteiger partial charge is 0.00229 e. The first-order chi connectivity index (χ1) is 7.73. The minimum atomic E-state index is 0.527. The summed E-state index contributed by atoms with van der Waals surface area (Å²) in [6.45, 7) is 9.60. The van der Waals surface area contributed by atoms with E-state index in [1.807, 2.05) is 0 Å². The molecule has 0 spiro atoms. The molecule has 0 aromatic rings. The van der Waals surface area contributed by atoms with Gasteiger partial charge in [0.2, 0.25) is 0 Å². The second kappa shape index (κ2) is 5.50. The van der Waals surface area contributed by atoms with E-state index >= 15 is 0 Å². The quantitative estimate of drug-likeness (QED) is 0.649. The molecule has 0 radical (unpaired) electrons. The highest BCUT2D eigenvalue weighted by Crippen LogP contribution is 2.34. The molecule has 94 valence electrons. The second-order valence-corrected chi connectivity index (χ2v) is 6.21. The first-order valence-corrected chi connectivity index (χ1v) is 7.14. The molecule has 2 nitrogen and oxygen atoms in total. The Morgan fingerprint density at radius 1 is 1.38 bits per heavy atom. The van der Waals surface area contributed by atoms with Crippen LogP contribution in [0.3, 0.4) is 0 Å². The van der Waals surface area contributed by atoms with E-state index in [0.717, 1.165) is 11.8 Å². The van der Waals surface area contributed by atoms with Crippen LogP contribution in [0.25, 0.3) is 0 Å². The summed E-state index contributed by atoms with van der Waals surface area (Å²) in [5, 5.41) is 7.22. The molecule has 2 rings (SSSR count). The maximum atomic E-state index is 3.69. The van der Waals surface area contributed by atoms with Crippen LogP contribution in [0.2, 0.25) is 0 Å². The Balaban J connectivity index is 1.61. The lowest BCUT2D eigenvalue weighted by atomic mass is 9.76. The van der Waals surface area contributed by atoms with Crippen LogP contribution < -0.4 is 10.6 Å². The van der Waals surface area contributed by atoms with Gasteiger partial charge in [0.1, 0.15) is 0 Å². The Morgan fingerprint density at radius 3 is 2.75 bits per heavy atom. The van der Waals surface area contributed by atoms with E-state index in [1.165, 1.54) is 58.3 Å². The van der Waals surface area contributed by atoms with Gasteiger partial charge in [-0.3, -0.25) is 0 Å². The first-order valence-electron chi connectivity index (χ1n) is 7.14. The Kier molecular flexibility index (Phi) is 4.26. The van der Waals surface area contributed by atoms with Gasteiger partial charge >= 0.3 is 0 Å². The lowest BCUT2D eigenvalue weighted by molar-refractivity contribution is 0.208. The summed E-state index contributed by atoms with van der Waals surface area (Å²) < 4.78 is 0. The van der Waals surface area contributed by atoms with E-state index in [9.17, 15) is 0 Å². The molecule has 2 heteroatoms. The molecule has 16 heavy (non-hydrogen) atoms. The van der Waals surface area contributed by atoms with Gasteiger partial charge in [0.15, 0.2) is 0 Å². The molecule has 1 aliphatic carbocycles. The Hall–Kier alpha value is -0.0800. The van der Waals surface area contributed by atoms with Crippen molar-refractivity contribution in [2.45, 2.75) is 46.0 Å². The van der Waals surface area contributed by atoms with Crippen LogP contribution in [0, 0.1) is 17.3 Å². The van der Waals surface area contributed by atoms with Crippen molar-refractivity contribution in [3.63, 3.8) is 0 Å². The first kappa shape index (κ1) is 12.4. The largest absolute Gasteiger partial charge is 0.316 e. The van der Waals surface area contributed by atoms with Crippen LogP contribution >= 0.6 is 0 Å². The molecule has 2 aliphatic rings. The van der Waals surface area contributed by atoms with E-state index in [-0.39, 0.29) is 0 Å². The molecule has 1 atom stereocenters. The van der Waals surface area contributed by atoms with Crippen LogP contribution in [0.15, 0.2) is 0 Å². The summed E-state index contributed by atoms with van der Waals surface area (Å²) in [6.07, 6.45) is 7.19. The molecule has 0 bridgehead atoms. The van der Waals surface area contributed by atoms with Gasteiger partial charge in [-0.05, 0) is 49.6 Å². The van der Waals surface area contributed by atoms with E-state index < -0.39 is 0 Å². The molecule has 0 aromatic carbocycles. The third kappa shape index (κ3) is 3.21. The summed E-state index contributed by atoms with van der Waals surface area (Å²) in [7, 11) is 0. The lowest BCUT2D eigenvalue weighted by Gasteiger charge is -2.33. The molecule has 1 heterocycles. The SMILES string of the molecule is CC(C)C1(CNCCCC2CC2)CCNC1. The van der Waals surface area contributed by atoms with Gasteiger partial charge in [0, 0.05) is 13.1 Å². The molecule has 1 unspecified atom stereocenters. The summed E-state index contributed by atoms with van der Waals surface area (Å²) >= 11 is 0. The van der Waals surface area contributed by atoms with Crippen LogP contribution in [0.1, 0.15) is 46.0 Å². The van der Waals surface area contributed by atoms with Crippen molar-refractivity contribution in [1.29, 1.82) is 0 Å². The van der Waals surface area contributed by atoms with Crippen LogP contribution in [-0.2, 0) is 0 Å². The topological polar surface area (TPSA) is 24.1 Å². The van der Waals surface area contributed by atoms with Crippen molar-refractivity contribution in [2.24, 2.45) is 17.3 Å². The van der Waals surface area contributed by atoms with Gasteiger partial charge in [-0.15, -0.1) is 0 Å². The summed E-state index contributed by atoms with van der Waals surface area (Å²) in [5.41, 5.74) is 0.527. The molecule has 1 saturated carbocycles. The number of nitrogens with one attached hydrogen (secondary N) is 2. The fourth-order valence-electron chi connectivity index (χ4n) is 2.87. The second-order valence-electron chi connectivity index (χ2n) is 6.21. The van der Waals surface area contributed by atoms with Crippen LogP contribution in [-0.4, -0.2) is 26.2 Å². The molecule has 2 N–H and O–H groups in total. The highest BCUT2D eigenvalue weighted by atomic mass is 15.0. The highest BCUT2D eigenvalue weighted by molar-refractivity contribution is 4.91. The maximum Gasteiger partial charge on any atom is 0.00229 e. The van der Waals surface area contributed by atoms with E-state index in [2.05, 4.69) is 24.5 Å². The normalized spacial score (nSPS) is 30.2. The van der Waals surface area contributed by atoms with Gasteiger partial charge in [0.05, 0.1) is 0 Å². The number of rotatable bonds is 7. The standard InChI is InChI=1S/C14H28N2/c1-12(2)14(7-9-16-11-14)10-15-8-3-4-13-5-6-13/h12-13,15-16H,3-11H2,1-2H3. The molecule has 1 aliphatic heterocycles. The van der Waals surface area contributed by atoms with Crippen molar-refractivity contribution >= 4 is 0 Å². The van der Waals surface area contributed by atoms with Gasteiger partial charge in [-0.1, -0.05) is 26.7 Å². The predicted octanol–water partition coefficient (Wildman–Crippen LogP) is 2.40. The zero-order valence-corrected chi connectivity index (χ0v) is 11.0. The third-order valence-electron chi connectivity index (χ3n) is 4.64. The van der Waals surface area contributed by atoms with Gasteiger partial charge in [-0.2, -0.15) is 0 Å². The number of hydrogen-bond donors (Lipinski definition) is 2. The van der Waals surface area contributed by atoms with Crippen molar-refractivity contribution < 1.29 is 0 Å². The monoisotopic (exact) mass is 224 g/mol. The minimum absolute atomic E-state index is 0.527. The number of hydrogen-bond acceptors (Lipinski definition) is 2. The van der Waals surface area contributed by atoms with Crippen LogP contribution in [0.5, 0.6) is 0 Å². The minimum Gasteiger partial charge on any atom is -0.316 e. The van der Waals surface area contributed by atoms with E-state index in [4.69, 9.17) is 0 Å². The Labute approximate surface area is 101 Å². The summed E-state index contributed by atoms with van der Waals surface area (Å²) in [4.78, 5) is 0. The van der Waals surface area contributed by atoms with Crippen molar-refractivity contribution in [3.05, 3.63) is 0 Å². The molecule has 0 aromatic heterocycles. The maximum absolute atomic E-state index is 3.69. The Bertz CT molecular complexity index is 203. The van der Waals surface area contributed by atoms with E-state index in [0.29, 0.717) is 5.41 Å². The van der Waals surface area contributed by atoms with Crippen molar-refractivity contribution in [2.75, 3.05) is 26.2 Å². The van der Waals surface area contributed by atoms with Gasteiger partial charge < -0.3 is 10.6 Å². The average Bonchev–Trinajstić information content (AvgIpc) is 2.94.